The number of aryl methyl sites for hydroxylation is 1. The number of allylic oxidation sites excluding steroid dienone is 5. The molecule has 0 fully saturated rings. The summed E-state index contributed by atoms with van der Waals surface area (Å²) in [4.78, 5) is 10.6. The highest BCUT2D eigenvalue weighted by Gasteiger charge is 2.29. The molecule has 0 aromatic heterocycles. The van der Waals surface area contributed by atoms with Crippen LogP contribution in [-0.4, -0.2) is 11.1 Å². The van der Waals surface area contributed by atoms with Gasteiger partial charge in [0.2, 0.25) is 0 Å². The Balaban J connectivity index is 2.20. The van der Waals surface area contributed by atoms with E-state index in [1.165, 1.54) is 41.2 Å². The molecule has 2 heteroatoms. The molecule has 22 heavy (non-hydrogen) atoms. The molecule has 1 aromatic carbocycles. The number of aliphatic carboxylic acids is 1. The van der Waals surface area contributed by atoms with E-state index >= 15 is 0 Å². The zero-order chi connectivity index (χ0) is 16.3. The van der Waals surface area contributed by atoms with Gasteiger partial charge in [-0.15, -0.1) is 0 Å². The predicted octanol–water partition coefficient (Wildman–Crippen LogP) is 4.90. The average Bonchev–Trinajstić information content (AvgIpc) is 2.73. The third-order valence-electron chi connectivity index (χ3n) is 4.37. The van der Waals surface area contributed by atoms with Gasteiger partial charge in [-0.25, -0.2) is 4.79 Å². The van der Waals surface area contributed by atoms with Gasteiger partial charge in [-0.05, 0) is 59.9 Å². The Bertz CT molecular complexity index is 673. The summed E-state index contributed by atoms with van der Waals surface area (Å²) >= 11 is 0. The first kappa shape index (κ1) is 16.3. The normalized spacial score (nSPS) is 17.8. The number of carbonyl (C=O) groups is 1. The minimum atomic E-state index is -0.913. The van der Waals surface area contributed by atoms with Crippen LogP contribution in [0, 0.1) is 0 Å². The maximum atomic E-state index is 10.6. The van der Waals surface area contributed by atoms with E-state index in [1.807, 2.05) is 18.2 Å². The number of hydrogen-bond donors (Lipinski definition) is 1. The van der Waals surface area contributed by atoms with Crippen molar-refractivity contribution in [2.45, 2.75) is 46.0 Å². The fraction of sp³-hybridized carbons (Fsp3) is 0.350. The van der Waals surface area contributed by atoms with E-state index in [4.69, 9.17) is 5.11 Å². The van der Waals surface area contributed by atoms with Crippen LogP contribution in [0.4, 0.5) is 0 Å². The highest BCUT2D eigenvalue weighted by atomic mass is 16.4. The van der Waals surface area contributed by atoms with E-state index < -0.39 is 5.97 Å². The molecule has 0 spiro atoms. The van der Waals surface area contributed by atoms with Crippen molar-refractivity contribution in [3.05, 3.63) is 64.8 Å². The van der Waals surface area contributed by atoms with Crippen LogP contribution in [0.25, 0.3) is 5.57 Å². The molecule has 0 heterocycles. The highest BCUT2D eigenvalue weighted by molar-refractivity contribution is 5.81. The van der Waals surface area contributed by atoms with Gasteiger partial charge in [0.1, 0.15) is 0 Å². The van der Waals surface area contributed by atoms with Gasteiger partial charge in [0.15, 0.2) is 0 Å². The molecule has 2 rings (SSSR count). The summed E-state index contributed by atoms with van der Waals surface area (Å²) in [7, 11) is 0. The lowest BCUT2D eigenvalue weighted by atomic mass is 9.85. The van der Waals surface area contributed by atoms with Gasteiger partial charge >= 0.3 is 5.97 Å². The van der Waals surface area contributed by atoms with E-state index in [9.17, 15) is 4.79 Å². The monoisotopic (exact) mass is 296 g/mol. The third-order valence-corrected chi connectivity index (χ3v) is 4.37. The Hall–Kier alpha value is -2.09. The van der Waals surface area contributed by atoms with E-state index in [2.05, 4.69) is 39.0 Å². The van der Waals surface area contributed by atoms with Crippen molar-refractivity contribution in [1.29, 1.82) is 0 Å². The maximum absolute atomic E-state index is 10.6. The molecule has 1 aliphatic carbocycles. The molecule has 0 radical (unpaired) electrons. The van der Waals surface area contributed by atoms with E-state index in [1.54, 1.807) is 6.92 Å². The quantitative estimate of drug-likeness (QED) is 0.633. The fourth-order valence-corrected chi connectivity index (χ4v) is 2.93. The Labute approximate surface area is 132 Å². The summed E-state index contributed by atoms with van der Waals surface area (Å²) in [6, 6.07) is 6.73. The van der Waals surface area contributed by atoms with Crippen molar-refractivity contribution < 1.29 is 9.90 Å². The van der Waals surface area contributed by atoms with Crippen LogP contribution in [0.3, 0.4) is 0 Å². The molecule has 0 bridgehead atoms. The lowest BCUT2D eigenvalue weighted by Crippen LogP contribution is -2.11. The van der Waals surface area contributed by atoms with Crippen LogP contribution in [-0.2, 0) is 16.6 Å². The van der Waals surface area contributed by atoms with Crippen molar-refractivity contribution in [1.82, 2.24) is 0 Å². The Morgan fingerprint density at radius 1 is 1.27 bits per heavy atom. The third kappa shape index (κ3) is 3.76. The largest absolute Gasteiger partial charge is 0.478 e. The number of benzene rings is 1. The number of hydrogen-bond acceptors (Lipinski definition) is 1. The number of rotatable bonds is 4. The van der Waals surface area contributed by atoms with Crippen LogP contribution < -0.4 is 0 Å². The molecule has 0 saturated carbocycles. The van der Waals surface area contributed by atoms with Crippen molar-refractivity contribution in [3.63, 3.8) is 0 Å². The van der Waals surface area contributed by atoms with Crippen LogP contribution in [0.15, 0.2) is 48.1 Å². The van der Waals surface area contributed by atoms with Crippen LogP contribution in [0.5, 0.6) is 0 Å². The Kier molecular flexibility index (Phi) is 4.70. The second-order valence-electron chi connectivity index (χ2n) is 6.69. The molecule has 0 aliphatic heterocycles. The zero-order valence-corrected chi connectivity index (χ0v) is 13.8. The molecular formula is C20H24O2. The van der Waals surface area contributed by atoms with Crippen molar-refractivity contribution in [2.75, 3.05) is 0 Å². The van der Waals surface area contributed by atoms with Crippen LogP contribution in [0.2, 0.25) is 0 Å². The minimum absolute atomic E-state index is 0.266. The Morgan fingerprint density at radius 3 is 2.68 bits per heavy atom. The zero-order valence-electron chi connectivity index (χ0n) is 13.8. The summed E-state index contributed by atoms with van der Waals surface area (Å²) in [6.45, 7) is 8.49. The SMILES string of the molecule is CC(/C=C/C=C(\C)c1ccc2c(c1)C(C)(C)CC2)=C\C(=O)O. The first-order valence-corrected chi connectivity index (χ1v) is 7.69. The van der Waals surface area contributed by atoms with Crippen LogP contribution in [0.1, 0.15) is 50.8 Å². The first-order chi connectivity index (χ1) is 10.3. The van der Waals surface area contributed by atoms with Gasteiger partial charge in [0.05, 0.1) is 0 Å². The molecule has 0 unspecified atom stereocenters. The molecule has 1 aromatic rings. The number of carboxylic acid groups (broad SMARTS) is 1. The van der Waals surface area contributed by atoms with Crippen LogP contribution >= 0.6 is 0 Å². The van der Waals surface area contributed by atoms with E-state index in [0.717, 1.165) is 5.57 Å². The molecule has 1 N–H and O–H groups in total. The lowest BCUT2D eigenvalue weighted by Gasteiger charge is -2.19. The summed E-state index contributed by atoms with van der Waals surface area (Å²) in [5.41, 5.74) is 6.35. The molecule has 2 nitrogen and oxygen atoms in total. The van der Waals surface area contributed by atoms with Gasteiger partial charge in [-0.1, -0.05) is 50.3 Å². The molecule has 116 valence electrons. The van der Waals surface area contributed by atoms with Crippen molar-refractivity contribution in [2.24, 2.45) is 0 Å². The molecular weight excluding hydrogens is 272 g/mol. The van der Waals surface area contributed by atoms with Gasteiger partial charge < -0.3 is 5.11 Å². The average molecular weight is 296 g/mol. The Morgan fingerprint density at radius 2 is 2.00 bits per heavy atom. The fourth-order valence-electron chi connectivity index (χ4n) is 2.93. The standard InChI is InChI=1S/C20H24O2/c1-14(12-19(21)22)6-5-7-15(2)17-9-8-16-10-11-20(3,4)18(16)13-17/h5-9,12-13H,10-11H2,1-4H3,(H,21,22)/b6-5+,14-12+,15-7+. The first-order valence-electron chi connectivity index (χ1n) is 7.69. The predicted molar refractivity (Wildman–Crippen MR) is 92.0 cm³/mol. The molecule has 0 atom stereocenters. The second-order valence-corrected chi connectivity index (χ2v) is 6.69. The van der Waals surface area contributed by atoms with Gasteiger partial charge in [0.25, 0.3) is 0 Å². The lowest BCUT2D eigenvalue weighted by molar-refractivity contribution is -0.131. The molecule has 0 amide bonds. The molecule has 1 aliphatic rings. The molecule has 0 saturated heterocycles. The highest BCUT2D eigenvalue weighted by Crippen LogP contribution is 2.39. The van der Waals surface area contributed by atoms with E-state index in [0.29, 0.717) is 0 Å². The van der Waals surface area contributed by atoms with Crippen molar-refractivity contribution in [3.8, 4) is 0 Å². The summed E-state index contributed by atoms with van der Waals surface area (Å²) in [5.74, 6) is -0.913. The summed E-state index contributed by atoms with van der Waals surface area (Å²) in [5, 5.41) is 8.68. The van der Waals surface area contributed by atoms with Gasteiger partial charge in [-0.3, -0.25) is 0 Å². The van der Waals surface area contributed by atoms with Gasteiger partial charge in [-0.2, -0.15) is 0 Å². The number of fused-ring (bicyclic) bond motifs is 1. The van der Waals surface area contributed by atoms with Crippen molar-refractivity contribution >= 4 is 11.5 Å². The summed E-state index contributed by atoms with van der Waals surface area (Å²) < 4.78 is 0. The minimum Gasteiger partial charge on any atom is -0.478 e. The van der Waals surface area contributed by atoms with Gasteiger partial charge in [0, 0.05) is 6.08 Å². The maximum Gasteiger partial charge on any atom is 0.328 e. The summed E-state index contributed by atoms with van der Waals surface area (Å²) in [6.07, 6.45) is 9.34. The topological polar surface area (TPSA) is 37.3 Å². The second kappa shape index (κ2) is 6.35. The van der Waals surface area contributed by atoms with E-state index in [-0.39, 0.29) is 5.41 Å². The number of carboxylic acids is 1. The smallest absolute Gasteiger partial charge is 0.328 e.